The van der Waals surface area contributed by atoms with Gasteiger partial charge in [0, 0.05) is 5.56 Å². The van der Waals surface area contributed by atoms with Crippen molar-refractivity contribution in [1.82, 2.24) is 20.4 Å². The van der Waals surface area contributed by atoms with E-state index in [9.17, 15) is 0 Å². The molecule has 138 valence electrons. The van der Waals surface area contributed by atoms with Gasteiger partial charge in [0.05, 0.1) is 6.54 Å². The fourth-order valence-electron chi connectivity index (χ4n) is 3.30. The number of hydrogen-bond donors (Lipinski definition) is 1. The Morgan fingerprint density at radius 2 is 1.92 bits per heavy atom. The number of aryl methyl sites for hydroxylation is 1. The van der Waals surface area contributed by atoms with E-state index in [1.165, 1.54) is 24.8 Å². The predicted molar refractivity (Wildman–Crippen MR) is 103 cm³/mol. The molecule has 1 fully saturated rings. The average Bonchev–Trinajstić information content (AvgIpc) is 3.10. The van der Waals surface area contributed by atoms with Gasteiger partial charge < -0.3 is 9.84 Å². The van der Waals surface area contributed by atoms with Crippen molar-refractivity contribution in [3.8, 4) is 11.4 Å². The zero-order valence-corrected chi connectivity index (χ0v) is 16.0. The molecular weight excluding hydrogens is 336 g/mol. The van der Waals surface area contributed by atoms with Gasteiger partial charge in [0.2, 0.25) is 11.7 Å². The molecule has 0 unspecified atom stereocenters. The molecule has 3 rings (SSSR count). The van der Waals surface area contributed by atoms with E-state index in [1.54, 1.807) is 0 Å². The van der Waals surface area contributed by atoms with Crippen LogP contribution in [0, 0.1) is 5.92 Å². The van der Waals surface area contributed by atoms with E-state index in [0.717, 1.165) is 50.0 Å². The Labute approximate surface area is 156 Å². The first-order valence-corrected chi connectivity index (χ1v) is 9.07. The highest BCUT2D eigenvalue weighted by atomic mass is 35.5. The summed E-state index contributed by atoms with van der Waals surface area (Å²) in [4.78, 5) is 6.99. The lowest BCUT2D eigenvalue weighted by Gasteiger charge is -2.30. The van der Waals surface area contributed by atoms with Crippen LogP contribution in [0.2, 0.25) is 0 Å². The van der Waals surface area contributed by atoms with Crippen LogP contribution in [0.25, 0.3) is 11.4 Å². The molecule has 1 aromatic carbocycles. The summed E-state index contributed by atoms with van der Waals surface area (Å²) in [7, 11) is 2.03. The van der Waals surface area contributed by atoms with Gasteiger partial charge in [0.25, 0.3) is 0 Å². The second-order valence-corrected chi connectivity index (χ2v) is 6.67. The second-order valence-electron chi connectivity index (χ2n) is 6.67. The molecule has 1 aliphatic rings. The van der Waals surface area contributed by atoms with Crippen molar-refractivity contribution in [2.45, 2.75) is 39.2 Å². The monoisotopic (exact) mass is 364 g/mol. The first kappa shape index (κ1) is 19.9. The Morgan fingerprint density at radius 1 is 1.20 bits per heavy atom. The quantitative estimate of drug-likeness (QED) is 0.814. The molecule has 0 bridgehead atoms. The minimum absolute atomic E-state index is 0. The lowest BCUT2D eigenvalue weighted by Crippen LogP contribution is -2.34. The number of likely N-dealkylation sites (tertiary alicyclic amines) is 1. The summed E-state index contributed by atoms with van der Waals surface area (Å²) in [5, 5.41) is 7.39. The summed E-state index contributed by atoms with van der Waals surface area (Å²) in [6.45, 7) is 6.28. The SMILES string of the molecule is CCc1ccc(-c2noc(CN3CCC(CCNC)CC3)n2)cc1.Cl. The molecule has 1 aliphatic heterocycles. The minimum Gasteiger partial charge on any atom is -0.338 e. The maximum atomic E-state index is 5.46. The second kappa shape index (κ2) is 9.90. The fourth-order valence-corrected chi connectivity index (χ4v) is 3.30. The fraction of sp³-hybridized carbons (Fsp3) is 0.579. The summed E-state index contributed by atoms with van der Waals surface area (Å²) in [5.74, 6) is 2.26. The largest absolute Gasteiger partial charge is 0.338 e. The number of halogens is 1. The molecule has 1 saturated heterocycles. The average molecular weight is 365 g/mol. The molecule has 1 N–H and O–H groups in total. The van der Waals surface area contributed by atoms with Gasteiger partial charge in [-0.25, -0.2) is 0 Å². The third kappa shape index (κ3) is 5.53. The van der Waals surface area contributed by atoms with Gasteiger partial charge in [0.1, 0.15) is 0 Å². The smallest absolute Gasteiger partial charge is 0.241 e. The van der Waals surface area contributed by atoms with Crippen molar-refractivity contribution in [2.24, 2.45) is 5.92 Å². The normalized spacial score (nSPS) is 15.9. The van der Waals surface area contributed by atoms with Gasteiger partial charge in [-0.2, -0.15) is 4.98 Å². The van der Waals surface area contributed by atoms with E-state index in [4.69, 9.17) is 4.52 Å². The Bertz CT molecular complexity index is 621. The highest BCUT2D eigenvalue weighted by molar-refractivity contribution is 5.85. The highest BCUT2D eigenvalue weighted by Crippen LogP contribution is 2.22. The molecule has 25 heavy (non-hydrogen) atoms. The first-order valence-electron chi connectivity index (χ1n) is 9.07. The minimum atomic E-state index is 0. The predicted octanol–water partition coefficient (Wildman–Crippen LogP) is 3.54. The molecule has 2 heterocycles. The molecule has 0 aliphatic carbocycles. The summed E-state index contributed by atoms with van der Waals surface area (Å²) in [6, 6.07) is 8.39. The van der Waals surface area contributed by atoms with E-state index in [1.807, 2.05) is 7.05 Å². The van der Waals surface area contributed by atoms with Crippen LogP contribution in [0.15, 0.2) is 28.8 Å². The maximum absolute atomic E-state index is 5.46. The third-order valence-electron chi connectivity index (χ3n) is 4.96. The van der Waals surface area contributed by atoms with Crippen LogP contribution in [0.4, 0.5) is 0 Å². The van der Waals surface area contributed by atoms with Crippen molar-refractivity contribution < 1.29 is 4.52 Å². The first-order chi connectivity index (χ1) is 11.8. The third-order valence-corrected chi connectivity index (χ3v) is 4.96. The molecular formula is C19H29ClN4O. The molecule has 0 atom stereocenters. The molecule has 5 nitrogen and oxygen atoms in total. The summed E-state index contributed by atoms with van der Waals surface area (Å²) in [6.07, 6.45) is 4.85. The molecule has 1 aromatic heterocycles. The Morgan fingerprint density at radius 3 is 2.56 bits per heavy atom. The standard InChI is InChI=1S/C19H28N4O.ClH/c1-3-15-4-6-17(7-5-15)19-21-18(24-22-19)14-23-12-9-16(10-13-23)8-11-20-2;/h4-7,16,20H,3,8-14H2,1-2H3;1H. The van der Waals surface area contributed by atoms with Crippen LogP contribution < -0.4 is 5.32 Å². The van der Waals surface area contributed by atoms with Crippen LogP contribution in [-0.2, 0) is 13.0 Å². The van der Waals surface area contributed by atoms with E-state index in [2.05, 4.69) is 51.5 Å². The zero-order chi connectivity index (χ0) is 16.8. The molecule has 0 spiro atoms. The van der Waals surface area contributed by atoms with Crippen LogP contribution in [-0.4, -0.2) is 41.7 Å². The van der Waals surface area contributed by atoms with Crippen LogP contribution in [0.1, 0.15) is 37.6 Å². The van der Waals surface area contributed by atoms with Gasteiger partial charge in [-0.1, -0.05) is 36.3 Å². The number of piperidine rings is 1. The van der Waals surface area contributed by atoms with E-state index < -0.39 is 0 Å². The van der Waals surface area contributed by atoms with Gasteiger partial charge in [0.15, 0.2) is 0 Å². The summed E-state index contributed by atoms with van der Waals surface area (Å²) in [5.41, 5.74) is 2.34. The number of rotatable bonds is 7. The lowest BCUT2D eigenvalue weighted by molar-refractivity contribution is 0.155. The van der Waals surface area contributed by atoms with Gasteiger partial charge in [-0.15, -0.1) is 12.4 Å². The molecule has 2 aromatic rings. The van der Waals surface area contributed by atoms with Crippen molar-refractivity contribution >= 4 is 12.4 Å². The van der Waals surface area contributed by atoms with Crippen LogP contribution in [0.5, 0.6) is 0 Å². The Hall–Kier alpha value is -1.43. The molecule has 0 amide bonds. The van der Waals surface area contributed by atoms with E-state index >= 15 is 0 Å². The van der Waals surface area contributed by atoms with E-state index in [0.29, 0.717) is 5.82 Å². The molecule has 6 heteroatoms. The van der Waals surface area contributed by atoms with Gasteiger partial charge in [-0.3, -0.25) is 4.90 Å². The number of benzene rings is 1. The summed E-state index contributed by atoms with van der Waals surface area (Å²) < 4.78 is 5.46. The van der Waals surface area contributed by atoms with E-state index in [-0.39, 0.29) is 12.4 Å². The maximum Gasteiger partial charge on any atom is 0.241 e. The summed E-state index contributed by atoms with van der Waals surface area (Å²) >= 11 is 0. The van der Waals surface area contributed by atoms with Crippen molar-refractivity contribution in [3.63, 3.8) is 0 Å². The number of aromatic nitrogens is 2. The number of nitrogens with zero attached hydrogens (tertiary/aromatic N) is 3. The number of nitrogens with one attached hydrogen (secondary N) is 1. The van der Waals surface area contributed by atoms with Gasteiger partial charge >= 0.3 is 0 Å². The number of hydrogen-bond acceptors (Lipinski definition) is 5. The van der Waals surface area contributed by atoms with Crippen molar-refractivity contribution in [3.05, 3.63) is 35.7 Å². The van der Waals surface area contributed by atoms with Crippen molar-refractivity contribution in [1.29, 1.82) is 0 Å². The Kier molecular flexibility index (Phi) is 7.88. The molecule has 0 saturated carbocycles. The highest BCUT2D eigenvalue weighted by Gasteiger charge is 2.20. The van der Waals surface area contributed by atoms with Gasteiger partial charge in [-0.05, 0) is 63.8 Å². The van der Waals surface area contributed by atoms with Crippen LogP contribution >= 0.6 is 12.4 Å². The zero-order valence-electron chi connectivity index (χ0n) is 15.2. The topological polar surface area (TPSA) is 54.2 Å². The van der Waals surface area contributed by atoms with Crippen LogP contribution in [0.3, 0.4) is 0 Å². The van der Waals surface area contributed by atoms with Crippen molar-refractivity contribution in [2.75, 3.05) is 26.7 Å². The molecule has 0 radical (unpaired) electrons. The lowest BCUT2D eigenvalue weighted by atomic mass is 9.93. The Balaban J connectivity index is 0.00000225.